The first-order chi connectivity index (χ1) is 28.7. The van der Waals surface area contributed by atoms with Crippen LogP contribution in [-0.4, -0.2) is 19.1 Å². The van der Waals surface area contributed by atoms with E-state index in [-0.39, 0.29) is 0 Å². The molecule has 0 saturated carbocycles. The Hall–Kier alpha value is -7.82. The highest BCUT2D eigenvalue weighted by molar-refractivity contribution is 6.19. The zero-order chi connectivity index (χ0) is 38.2. The molecule has 0 saturated heterocycles. The number of hydrogen-bond acceptors (Lipinski definition) is 2. The summed E-state index contributed by atoms with van der Waals surface area (Å²) >= 11 is 0. The third-order valence-electron chi connectivity index (χ3n) is 11.7. The van der Waals surface area contributed by atoms with E-state index in [9.17, 15) is 0 Å². The molecule has 0 fully saturated rings. The predicted octanol–water partition coefficient (Wildman–Crippen LogP) is 14.0. The molecular formula is C54H34N4. The second-order valence-electron chi connectivity index (χ2n) is 15.0. The minimum atomic E-state index is 0.709. The summed E-state index contributed by atoms with van der Waals surface area (Å²) < 4.78 is 4.83. The summed E-state index contributed by atoms with van der Waals surface area (Å²) in [6.07, 6.45) is 0. The number of aromatic nitrogens is 4. The van der Waals surface area contributed by atoms with Gasteiger partial charge in [0.1, 0.15) is 0 Å². The molecular weight excluding hydrogens is 705 g/mol. The average Bonchev–Trinajstić information content (AvgIpc) is 3.80. The molecule has 0 spiro atoms. The van der Waals surface area contributed by atoms with E-state index in [1.54, 1.807) is 0 Å². The molecule has 3 heterocycles. The smallest absolute Gasteiger partial charge is 0.160 e. The minimum absolute atomic E-state index is 0.709. The van der Waals surface area contributed by atoms with Crippen LogP contribution >= 0.6 is 0 Å². The molecule has 4 heteroatoms. The lowest BCUT2D eigenvalue weighted by molar-refractivity contribution is 1.17. The fourth-order valence-electron chi connectivity index (χ4n) is 9.00. The highest BCUT2D eigenvalue weighted by Crippen LogP contribution is 2.41. The van der Waals surface area contributed by atoms with Gasteiger partial charge in [-0.25, -0.2) is 9.97 Å². The molecule has 0 aliphatic heterocycles. The van der Waals surface area contributed by atoms with Crippen molar-refractivity contribution in [2.75, 3.05) is 0 Å². The Balaban J connectivity index is 1.06. The summed E-state index contributed by atoms with van der Waals surface area (Å²) in [5, 5.41) is 9.63. The standard InChI is InChI=1S/C54H34N4/c1-3-15-36(16-4-1)48-33-49(56-54(55-48)39-27-26-35-14-7-8-17-37(35)30-39)43-23-13-18-38-31-41(28-29-42(38)43)58-51-25-12-10-22-45(51)47-32-46-44-21-9-11-24-50(44)57(52(46)34-53(47)58)40-19-5-2-6-20-40/h1-34H. The third-order valence-corrected chi connectivity index (χ3v) is 11.7. The molecule has 12 aromatic rings. The van der Waals surface area contributed by atoms with E-state index >= 15 is 0 Å². The molecule has 0 amide bonds. The first-order valence-electron chi connectivity index (χ1n) is 19.7. The van der Waals surface area contributed by atoms with Gasteiger partial charge in [0.15, 0.2) is 5.82 Å². The summed E-state index contributed by atoms with van der Waals surface area (Å²) in [6, 6.07) is 73.8. The second kappa shape index (κ2) is 12.9. The van der Waals surface area contributed by atoms with Crippen LogP contribution < -0.4 is 0 Å². The van der Waals surface area contributed by atoms with Crippen LogP contribution in [0.3, 0.4) is 0 Å². The maximum atomic E-state index is 5.27. The van der Waals surface area contributed by atoms with E-state index in [0.717, 1.165) is 50.2 Å². The van der Waals surface area contributed by atoms with Crippen LogP contribution in [0.4, 0.5) is 0 Å². The molecule has 3 aromatic heterocycles. The topological polar surface area (TPSA) is 35.6 Å². The molecule has 0 N–H and O–H groups in total. The first kappa shape index (κ1) is 32.4. The Kier molecular flexibility index (Phi) is 7.20. The molecule has 0 radical (unpaired) electrons. The highest BCUT2D eigenvalue weighted by Gasteiger charge is 2.19. The summed E-state index contributed by atoms with van der Waals surface area (Å²) in [5.41, 5.74) is 11.9. The van der Waals surface area contributed by atoms with Gasteiger partial charge >= 0.3 is 0 Å². The molecule has 4 nitrogen and oxygen atoms in total. The lowest BCUT2D eigenvalue weighted by atomic mass is 9.99. The fraction of sp³-hybridized carbons (Fsp3) is 0. The van der Waals surface area contributed by atoms with Gasteiger partial charge in [-0.3, -0.25) is 0 Å². The van der Waals surface area contributed by atoms with Crippen molar-refractivity contribution < 1.29 is 0 Å². The fourth-order valence-corrected chi connectivity index (χ4v) is 9.00. The minimum Gasteiger partial charge on any atom is -0.309 e. The Morgan fingerprint density at radius 2 is 0.914 bits per heavy atom. The summed E-state index contributed by atoms with van der Waals surface area (Å²) in [6.45, 7) is 0. The number of hydrogen-bond donors (Lipinski definition) is 0. The summed E-state index contributed by atoms with van der Waals surface area (Å²) in [5.74, 6) is 0.709. The molecule has 270 valence electrons. The van der Waals surface area contributed by atoms with Gasteiger partial charge in [0.25, 0.3) is 0 Å². The quantitative estimate of drug-likeness (QED) is 0.176. The largest absolute Gasteiger partial charge is 0.309 e. The Morgan fingerprint density at radius 1 is 0.293 bits per heavy atom. The molecule has 0 atom stereocenters. The average molecular weight is 739 g/mol. The van der Waals surface area contributed by atoms with E-state index in [0.29, 0.717) is 5.82 Å². The van der Waals surface area contributed by atoms with Gasteiger partial charge in [-0.1, -0.05) is 146 Å². The molecule has 9 aromatic carbocycles. The number of rotatable bonds is 5. The molecule has 0 aliphatic carbocycles. The highest BCUT2D eigenvalue weighted by atomic mass is 15.0. The Bertz CT molecular complexity index is 3560. The van der Waals surface area contributed by atoms with Gasteiger partial charge in [-0.05, 0) is 82.2 Å². The van der Waals surface area contributed by atoms with Crippen LogP contribution in [0.15, 0.2) is 206 Å². The van der Waals surface area contributed by atoms with Crippen molar-refractivity contribution in [2.45, 2.75) is 0 Å². The first-order valence-corrected chi connectivity index (χ1v) is 19.7. The van der Waals surface area contributed by atoms with Crippen LogP contribution in [-0.2, 0) is 0 Å². The maximum Gasteiger partial charge on any atom is 0.160 e. The van der Waals surface area contributed by atoms with Crippen LogP contribution in [0.2, 0.25) is 0 Å². The van der Waals surface area contributed by atoms with Gasteiger partial charge in [0.2, 0.25) is 0 Å². The van der Waals surface area contributed by atoms with Gasteiger partial charge in [0.05, 0.1) is 33.5 Å². The number of benzene rings is 9. The second-order valence-corrected chi connectivity index (χ2v) is 15.0. The van der Waals surface area contributed by atoms with Gasteiger partial charge in [0, 0.05) is 49.6 Å². The third kappa shape index (κ3) is 5.09. The van der Waals surface area contributed by atoms with Crippen molar-refractivity contribution in [3.63, 3.8) is 0 Å². The summed E-state index contributed by atoms with van der Waals surface area (Å²) in [4.78, 5) is 10.4. The lowest BCUT2D eigenvalue weighted by Gasteiger charge is -2.14. The van der Waals surface area contributed by atoms with E-state index < -0.39 is 0 Å². The zero-order valence-corrected chi connectivity index (χ0v) is 31.4. The Morgan fingerprint density at radius 3 is 1.67 bits per heavy atom. The Labute approximate surface area is 334 Å². The van der Waals surface area contributed by atoms with Crippen molar-refractivity contribution in [2.24, 2.45) is 0 Å². The van der Waals surface area contributed by atoms with Crippen molar-refractivity contribution in [1.29, 1.82) is 0 Å². The van der Waals surface area contributed by atoms with Crippen molar-refractivity contribution in [1.82, 2.24) is 19.1 Å². The van der Waals surface area contributed by atoms with E-state index in [2.05, 4.69) is 209 Å². The lowest BCUT2D eigenvalue weighted by Crippen LogP contribution is -1.97. The van der Waals surface area contributed by atoms with Crippen molar-refractivity contribution >= 4 is 65.2 Å². The van der Waals surface area contributed by atoms with E-state index in [4.69, 9.17) is 9.97 Å². The maximum absolute atomic E-state index is 5.27. The normalized spacial score (nSPS) is 11.8. The van der Waals surface area contributed by atoms with Crippen LogP contribution in [0, 0.1) is 0 Å². The molecule has 0 aliphatic rings. The zero-order valence-electron chi connectivity index (χ0n) is 31.4. The summed E-state index contributed by atoms with van der Waals surface area (Å²) in [7, 11) is 0. The molecule has 0 unspecified atom stereocenters. The van der Waals surface area contributed by atoms with Gasteiger partial charge < -0.3 is 9.13 Å². The SMILES string of the molecule is c1ccc(-c2cc(-c3cccc4cc(-n5c6ccccc6c6cc7c8ccccc8n(-c8ccccc8)c7cc65)ccc34)nc(-c3ccc4ccccc4c3)n2)cc1. The van der Waals surface area contributed by atoms with Crippen molar-refractivity contribution in [3.05, 3.63) is 206 Å². The van der Waals surface area contributed by atoms with E-state index in [1.165, 1.54) is 54.4 Å². The number of para-hydroxylation sites is 3. The number of nitrogens with zero attached hydrogens (tertiary/aromatic N) is 4. The molecule has 0 bridgehead atoms. The van der Waals surface area contributed by atoms with Gasteiger partial charge in [-0.15, -0.1) is 0 Å². The van der Waals surface area contributed by atoms with E-state index in [1.807, 2.05) is 6.07 Å². The van der Waals surface area contributed by atoms with Crippen LogP contribution in [0.5, 0.6) is 0 Å². The van der Waals surface area contributed by atoms with Crippen LogP contribution in [0.25, 0.3) is 110 Å². The van der Waals surface area contributed by atoms with Crippen LogP contribution in [0.1, 0.15) is 0 Å². The predicted molar refractivity (Wildman–Crippen MR) is 242 cm³/mol. The molecule has 12 rings (SSSR count). The monoisotopic (exact) mass is 738 g/mol. The van der Waals surface area contributed by atoms with Crippen molar-refractivity contribution in [3.8, 4) is 45.3 Å². The molecule has 58 heavy (non-hydrogen) atoms. The number of fused-ring (bicyclic) bond motifs is 8. The van der Waals surface area contributed by atoms with Gasteiger partial charge in [-0.2, -0.15) is 0 Å².